The first-order chi connectivity index (χ1) is 11.0. The van der Waals surface area contributed by atoms with Gasteiger partial charge >= 0.3 is 0 Å². The summed E-state index contributed by atoms with van der Waals surface area (Å²) in [6, 6.07) is 3.74. The Kier molecular flexibility index (Phi) is 4.57. The lowest BCUT2D eigenvalue weighted by Gasteiger charge is -2.30. The first-order valence-corrected chi connectivity index (χ1v) is 8.15. The Balaban J connectivity index is 1.79. The van der Waals surface area contributed by atoms with Crippen molar-refractivity contribution >= 4 is 5.91 Å². The molecule has 2 heterocycles. The van der Waals surface area contributed by atoms with Crippen LogP contribution in [0.25, 0.3) is 0 Å². The van der Waals surface area contributed by atoms with Crippen molar-refractivity contribution in [3.05, 3.63) is 35.3 Å². The number of aliphatic hydroxyl groups excluding tert-OH is 3. The summed E-state index contributed by atoms with van der Waals surface area (Å²) in [5.74, 6) is 1.47. The monoisotopic (exact) mass is 321 g/mol. The highest BCUT2D eigenvalue weighted by Gasteiger charge is 2.37. The highest BCUT2D eigenvalue weighted by atomic mass is 16.4. The van der Waals surface area contributed by atoms with Crippen LogP contribution in [-0.2, 0) is 11.2 Å². The molecule has 1 unspecified atom stereocenters. The maximum Gasteiger partial charge on any atom is 0.250 e. The van der Waals surface area contributed by atoms with E-state index in [2.05, 4.69) is 0 Å². The van der Waals surface area contributed by atoms with Crippen molar-refractivity contribution in [2.45, 2.75) is 57.0 Å². The number of hydrogen-bond acceptors (Lipinski definition) is 5. The van der Waals surface area contributed by atoms with E-state index >= 15 is 0 Å². The Labute approximate surface area is 135 Å². The van der Waals surface area contributed by atoms with Gasteiger partial charge in [0.25, 0.3) is 0 Å². The molecule has 2 aliphatic rings. The van der Waals surface area contributed by atoms with Crippen LogP contribution < -0.4 is 0 Å². The number of aryl methyl sites for hydroxylation is 1. The lowest BCUT2D eigenvalue weighted by Crippen LogP contribution is -2.43. The molecule has 1 amide bonds. The van der Waals surface area contributed by atoms with Gasteiger partial charge in [0.2, 0.25) is 5.91 Å². The van der Waals surface area contributed by atoms with E-state index in [9.17, 15) is 20.1 Å². The minimum Gasteiger partial charge on any atom is -0.464 e. The lowest BCUT2D eigenvalue weighted by atomic mass is 9.91. The van der Waals surface area contributed by atoms with Crippen molar-refractivity contribution in [1.82, 2.24) is 4.90 Å². The van der Waals surface area contributed by atoms with Crippen LogP contribution in [0.15, 0.2) is 28.2 Å². The molecule has 3 rings (SSSR count). The second kappa shape index (κ2) is 6.47. The summed E-state index contributed by atoms with van der Waals surface area (Å²) in [7, 11) is 0. The van der Waals surface area contributed by atoms with Gasteiger partial charge in [-0.2, -0.15) is 0 Å². The van der Waals surface area contributed by atoms with Gasteiger partial charge in [-0.05, 0) is 31.1 Å². The molecule has 0 aromatic carbocycles. The summed E-state index contributed by atoms with van der Waals surface area (Å²) in [4.78, 5) is 14.5. The summed E-state index contributed by atoms with van der Waals surface area (Å²) in [6.45, 7) is 2.64. The van der Waals surface area contributed by atoms with E-state index in [1.54, 1.807) is 4.90 Å². The molecule has 1 aliphatic heterocycles. The fourth-order valence-electron chi connectivity index (χ4n) is 3.36. The predicted molar refractivity (Wildman–Crippen MR) is 82.5 cm³/mol. The maximum absolute atomic E-state index is 12.8. The molecule has 1 aromatic rings. The van der Waals surface area contributed by atoms with Crippen LogP contribution in [0.4, 0.5) is 0 Å². The van der Waals surface area contributed by atoms with Gasteiger partial charge in [0, 0.05) is 25.0 Å². The molecule has 126 valence electrons. The Morgan fingerprint density at radius 2 is 2.13 bits per heavy atom. The largest absolute Gasteiger partial charge is 0.464 e. The molecule has 6 heteroatoms. The summed E-state index contributed by atoms with van der Waals surface area (Å²) in [6.07, 6.45) is 0.371. The number of nitrogens with zero attached hydrogens (tertiary/aromatic N) is 1. The molecule has 3 N–H and O–H groups in total. The molecule has 1 aliphatic carbocycles. The van der Waals surface area contributed by atoms with Gasteiger partial charge < -0.3 is 24.6 Å². The highest BCUT2D eigenvalue weighted by Crippen LogP contribution is 2.35. The zero-order chi connectivity index (χ0) is 16.6. The van der Waals surface area contributed by atoms with Crippen molar-refractivity contribution in [3.63, 3.8) is 0 Å². The molecule has 1 aromatic heterocycles. The zero-order valence-corrected chi connectivity index (χ0v) is 13.2. The van der Waals surface area contributed by atoms with Crippen LogP contribution >= 0.6 is 0 Å². The number of carbonyl (C=O) groups excluding carboxylic acids is 1. The number of furan rings is 1. The smallest absolute Gasteiger partial charge is 0.250 e. The van der Waals surface area contributed by atoms with Gasteiger partial charge in [0.05, 0.1) is 12.1 Å². The number of aliphatic hydroxyl groups is 3. The standard InChI is InChI=1S/C17H23NO5/c1-2-11-5-6-15(23-11)12-4-3-7-18(12)17(22)10-8-13(19)16(21)14(20)9-10/h5-6,8,12-14,16,19-21H,2-4,7,9H2,1H3/t12?,13-,14-,16-/m1/s1. The molecule has 0 radical (unpaired) electrons. The normalized spacial score (nSPS) is 31.3. The summed E-state index contributed by atoms with van der Waals surface area (Å²) < 4.78 is 5.79. The second-order valence-corrected chi connectivity index (χ2v) is 6.26. The topological polar surface area (TPSA) is 94.1 Å². The SMILES string of the molecule is CCc1ccc(C2CCCN2C(=O)C2=C[C@@H](O)[C@@H](O)[C@H](O)C2)o1. The van der Waals surface area contributed by atoms with Crippen LogP contribution in [0.1, 0.15) is 43.7 Å². The van der Waals surface area contributed by atoms with E-state index in [-0.39, 0.29) is 18.4 Å². The number of amides is 1. The van der Waals surface area contributed by atoms with Gasteiger partial charge in [-0.15, -0.1) is 0 Å². The third-order valence-electron chi connectivity index (χ3n) is 4.69. The Hall–Kier alpha value is -1.63. The van der Waals surface area contributed by atoms with Crippen molar-refractivity contribution in [3.8, 4) is 0 Å². The number of rotatable bonds is 3. The molecular weight excluding hydrogens is 298 g/mol. The van der Waals surface area contributed by atoms with Gasteiger partial charge in [-0.3, -0.25) is 4.79 Å². The average molecular weight is 321 g/mol. The molecule has 0 spiro atoms. The van der Waals surface area contributed by atoms with Crippen molar-refractivity contribution in [2.24, 2.45) is 0 Å². The fourth-order valence-corrected chi connectivity index (χ4v) is 3.36. The molecule has 4 atom stereocenters. The number of carbonyl (C=O) groups is 1. The molecule has 1 fully saturated rings. The second-order valence-electron chi connectivity index (χ2n) is 6.26. The van der Waals surface area contributed by atoms with Crippen molar-refractivity contribution in [1.29, 1.82) is 0 Å². The van der Waals surface area contributed by atoms with E-state index in [4.69, 9.17) is 4.42 Å². The Bertz CT molecular complexity index is 608. The minimum absolute atomic E-state index is 0.0542. The maximum atomic E-state index is 12.8. The molecule has 6 nitrogen and oxygen atoms in total. The lowest BCUT2D eigenvalue weighted by molar-refractivity contribution is -0.130. The van der Waals surface area contributed by atoms with E-state index < -0.39 is 18.3 Å². The third-order valence-corrected chi connectivity index (χ3v) is 4.69. The molecule has 0 saturated carbocycles. The number of hydrogen-bond donors (Lipinski definition) is 3. The first-order valence-electron chi connectivity index (χ1n) is 8.15. The summed E-state index contributed by atoms with van der Waals surface area (Å²) in [5.41, 5.74) is 0.351. The van der Waals surface area contributed by atoms with Crippen LogP contribution in [0.5, 0.6) is 0 Å². The van der Waals surface area contributed by atoms with E-state index in [1.807, 2.05) is 19.1 Å². The van der Waals surface area contributed by atoms with Crippen LogP contribution in [-0.4, -0.2) is 51.0 Å². The number of likely N-dealkylation sites (tertiary alicyclic amines) is 1. The third kappa shape index (κ3) is 3.06. The molecule has 0 bridgehead atoms. The first kappa shape index (κ1) is 16.2. The molecule has 23 heavy (non-hydrogen) atoms. The fraction of sp³-hybridized carbons (Fsp3) is 0.588. The zero-order valence-electron chi connectivity index (χ0n) is 13.2. The van der Waals surface area contributed by atoms with Gasteiger partial charge in [-0.25, -0.2) is 0 Å². The Morgan fingerprint density at radius 3 is 2.78 bits per heavy atom. The van der Waals surface area contributed by atoms with Crippen LogP contribution in [0.2, 0.25) is 0 Å². The van der Waals surface area contributed by atoms with Gasteiger partial charge in [0.15, 0.2) is 0 Å². The van der Waals surface area contributed by atoms with Crippen LogP contribution in [0.3, 0.4) is 0 Å². The molecular formula is C17H23NO5. The summed E-state index contributed by atoms with van der Waals surface area (Å²) in [5, 5.41) is 29.1. The molecule has 1 saturated heterocycles. The minimum atomic E-state index is -1.24. The van der Waals surface area contributed by atoms with Crippen LogP contribution in [0, 0.1) is 0 Å². The van der Waals surface area contributed by atoms with E-state index in [1.165, 1.54) is 6.08 Å². The van der Waals surface area contributed by atoms with Gasteiger partial charge in [0.1, 0.15) is 23.7 Å². The van der Waals surface area contributed by atoms with Crippen molar-refractivity contribution in [2.75, 3.05) is 6.54 Å². The van der Waals surface area contributed by atoms with Gasteiger partial charge in [-0.1, -0.05) is 6.92 Å². The van der Waals surface area contributed by atoms with Crippen molar-refractivity contribution < 1.29 is 24.5 Å². The summed E-state index contributed by atoms with van der Waals surface area (Å²) >= 11 is 0. The highest BCUT2D eigenvalue weighted by molar-refractivity contribution is 5.94. The predicted octanol–water partition coefficient (Wildman–Crippen LogP) is 0.918. The quantitative estimate of drug-likeness (QED) is 0.769. The van der Waals surface area contributed by atoms with E-state index in [0.29, 0.717) is 12.1 Å². The van der Waals surface area contributed by atoms with E-state index in [0.717, 1.165) is 30.8 Å². The average Bonchev–Trinajstić information content (AvgIpc) is 3.19. The Morgan fingerprint density at radius 1 is 1.35 bits per heavy atom.